The lowest BCUT2D eigenvalue weighted by Crippen LogP contribution is -2.19. The zero-order chi connectivity index (χ0) is 13.8. The number of rotatable bonds is 3. The van der Waals surface area contributed by atoms with Crippen molar-refractivity contribution in [1.82, 2.24) is 9.97 Å². The minimum atomic E-state index is -0.614. The highest BCUT2D eigenvalue weighted by molar-refractivity contribution is 9.10. The van der Waals surface area contributed by atoms with Gasteiger partial charge in [0.15, 0.2) is 5.82 Å². The van der Waals surface area contributed by atoms with Crippen LogP contribution in [0.4, 0.5) is 15.9 Å². The normalized spacial score (nSPS) is 10.1. The van der Waals surface area contributed by atoms with Crippen molar-refractivity contribution in [2.24, 2.45) is 5.84 Å². The predicted octanol–water partition coefficient (Wildman–Crippen LogP) is 1.92. The van der Waals surface area contributed by atoms with E-state index in [-0.39, 0.29) is 17.1 Å². The fourth-order valence-corrected chi connectivity index (χ4v) is 1.63. The van der Waals surface area contributed by atoms with E-state index in [9.17, 15) is 9.18 Å². The van der Waals surface area contributed by atoms with Crippen molar-refractivity contribution in [3.63, 3.8) is 0 Å². The number of nitrogen functional groups attached to an aromatic ring is 1. The van der Waals surface area contributed by atoms with E-state index < -0.39 is 11.7 Å². The van der Waals surface area contributed by atoms with E-state index in [0.29, 0.717) is 4.60 Å². The molecule has 4 N–H and O–H groups in total. The number of aromatic nitrogens is 2. The van der Waals surface area contributed by atoms with Crippen molar-refractivity contribution in [1.29, 1.82) is 0 Å². The fourth-order valence-electron chi connectivity index (χ4n) is 1.42. The second-order valence-corrected chi connectivity index (χ2v) is 4.30. The number of para-hydroxylation sites is 1. The van der Waals surface area contributed by atoms with Gasteiger partial charge in [0.1, 0.15) is 10.4 Å². The van der Waals surface area contributed by atoms with Gasteiger partial charge in [-0.25, -0.2) is 14.4 Å². The number of amides is 1. The summed E-state index contributed by atoms with van der Waals surface area (Å²) in [6, 6.07) is 4.06. The Balaban J connectivity index is 2.25. The molecule has 0 radical (unpaired) electrons. The minimum Gasteiger partial charge on any atom is -0.321 e. The quantitative estimate of drug-likeness (QED) is 0.592. The van der Waals surface area contributed by atoms with Gasteiger partial charge in [-0.1, -0.05) is 6.07 Å². The molecule has 19 heavy (non-hydrogen) atoms. The number of hydrogen-bond donors (Lipinski definition) is 3. The van der Waals surface area contributed by atoms with Gasteiger partial charge < -0.3 is 10.7 Å². The molecular weight excluding hydrogens is 317 g/mol. The monoisotopic (exact) mass is 325 g/mol. The molecule has 6 nitrogen and oxygen atoms in total. The minimum absolute atomic E-state index is 0.0761. The van der Waals surface area contributed by atoms with Crippen molar-refractivity contribution in [3.05, 3.63) is 46.6 Å². The molecule has 1 aromatic carbocycles. The van der Waals surface area contributed by atoms with Crippen LogP contribution in [0.2, 0.25) is 0 Å². The van der Waals surface area contributed by atoms with Crippen LogP contribution in [0.1, 0.15) is 10.4 Å². The van der Waals surface area contributed by atoms with E-state index in [1.807, 2.05) is 0 Å². The number of hydrazine groups is 1. The maximum atomic E-state index is 13.4. The van der Waals surface area contributed by atoms with Crippen LogP contribution >= 0.6 is 15.9 Å². The van der Waals surface area contributed by atoms with Gasteiger partial charge in [-0.05, 0) is 28.1 Å². The molecule has 0 bridgehead atoms. The fraction of sp³-hybridized carbons (Fsp3) is 0. The van der Waals surface area contributed by atoms with E-state index in [1.54, 1.807) is 0 Å². The maximum absolute atomic E-state index is 13.4. The van der Waals surface area contributed by atoms with Gasteiger partial charge in [0.25, 0.3) is 5.91 Å². The molecule has 0 aliphatic carbocycles. The highest BCUT2D eigenvalue weighted by Crippen LogP contribution is 2.19. The zero-order valence-electron chi connectivity index (χ0n) is 9.52. The summed E-state index contributed by atoms with van der Waals surface area (Å²) in [5, 5.41) is 2.49. The first-order valence-corrected chi connectivity index (χ1v) is 5.95. The van der Waals surface area contributed by atoms with Crippen LogP contribution in [0.3, 0.4) is 0 Å². The lowest BCUT2D eigenvalue weighted by atomic mass is 10.1. The third-order valence-electron chi connectivity index (χ3n) is 2.26. The summed E-state index contributed by atoms with van der Waals surface area (Å²) >= 11 is 3.13. The van der Waals surface area contributed by atoms with Gasteiger partial charge in [-0.2, -0.15) is 0 Å². The first-order valence-electron chi connectivity index (χ1n) is 5.16. The molecule has 1 amide bonds. The molecule has 98 valence electrons. The molecule has 0 spiro atoms. The summed E-state index contributed by atoms with van der Waals surface area (Å²) in [6.07, 6.45) is 2.81. The number of carbonyl (C=O) groups is 1. The van der Waals surface area contributed by atoms with Crippen LogP contribution < -0.4 is 16.6 Å². The first kappa shape index (κ1) is 13.4. The molecule has 0 aliphatic rings. The standard InChI is InChI=1S/C11H9BrFN5O/c12-8-4-16-9(5-15-8)17-11(19)6-2-1-3-7(13)10(6)18-14/h1-5,18H,14H2,(H,16,17,19). The van der Waals surface area contributed by atoms with Gasteiger partial charge in [-0.15, -0.1) is 0 Å². The molecule has 0 fully saturated rings. The van der Waals surface area contributed by atoms with Crippen molar-refractivity contribution in [3.8, 4) is 0 Å². The van der Waals surface area contributed by atoms with Gasteiger partial charge in [0.05, 0.1) is 23.6 Å². The highest BCUT2D eigenvalue weighted by atomic mass is 79.9. The van der Waals surface area contributed by atoms with E-state index >= 15 is 0 Å². The Morgan fingerprint density at radius 3 is 2.74 bits per heavy atom. The highest BCUT2D eigenvalue weighted by Gasteiger charge is 2.14. The Kier molecular flexibility index (Phi) is 4.03. The lowest BCUT2D eigenvalue weighted by Gasteiger charge is -2.09. The molecule has 0 unspecified atom stereocenters. The Labute approximate surface area is 116 Å². The van der Waals surface area contributed by atoms with Gasteiger partial charge in [-0.3, -0.25) is 10.6 Å². The van der Waals surface area contributed by atoms with Crippen LogP contribution in [0.5, 0.6) is 0 Å². The zero-order valence-corrected chi connectivity index (χ0v) is 11.1. The van der Waals surface area contributed by atoms with Crippen LogP contribution in [0.15, 0.2) is 35.2 Å². The second kappa shape index (κ2) is 5.72. The molecular formula is C11H9BrFN5O. The average Bonchev–Trinajstić information content (AvgIpc) is 2.41. The Hall–Kier alpha value is -2.06. The van der Waals surface area contributed by atoms with Crippen molar-refractivity contribution in [2.75, 3.05) is 10.7 Å². The van der Waals surface area contributed by atoms with Crippen molar-refractivity contribution in [2.45, 2.75) is 0 Å². The molecule has 0 saturated heterocycles. The van der Waals surface area contributed by atoms with Crippen LogP contribution in [-0.4, -0.2) is 15.9 Å². The summed E-state index contributed by atoms with van der Waals surface area (Å²) < 4.78 is 14.0. The molecule has 0 saturated carbocycles. The number of benzene rings is 1. The van der Waals surface area contributed by atoms with E-state index in [2.05, 4.69) is 36.6 Å². The Morgan fingerprint density at radius 2 is 2.11 bits per heavy atom. The van der Waals surface area contributed by atoms with Gasteiger partial charge in [0.2, 0.25) is 0 Å². The Bertz CT molecular complexity index is 605. The van der Waals surface area contributed by atoms with Gasteiger partial charge in [0, 0.05) is 0 Å². The van der Waals surface area contributed by atoms with Crippen molar-refractivity contribution >= 4 is 33.3 Å². The number of anilines is 2. The summed E-state index contributed by atoms with van der Waals surface area (Å²) in [6.45, 7) is 0. The number of carbonyl (C=O) groups excluding carboxylic acids is 1. The van der Waals surface area contributed by atoms with E-state index in [1.165, 1.54) is 30.6 Å². The molecule has 0 aliphatic heterocycles. The summed E-state index contributed by atoms with van der Waals surface area (Å²) in [7, 11) is 0. The van der Waals surface area contributed by atoms with Crippen molar-refractivity contribution < 1.29 is 9.18 Å². The van der Waals surface area contributed by atoms with Crippen LogP contribution in [0, 0.1) is 5.82 Å². The largest absolute Gasteiger partial charge is 0.321 e. The maximum Gasteiger partial charge on any atom is 0.259 e. The smallest absolute Gasteiger partial charge is 0.259 e. The first-order chi connectivity index (χ1) is 9.11. The molecule has 1 aromatic heterocycles. The summed E-state index contributed by atoms with van der Waals surface area (Å²) in [5.74, 6) is 4.30. The van der Waals surface area contributed by atoms with Gasteiger partial charge >= 0.3 is 0 Å². The predicted molar refractivity (Wildman–Crippen MR) is 71.9 cm³/mol. The third-order valence-corrected chi connectivity index (χ3v) is 2.67. The number of nitrogens with zero attached hydrogens (tertiary/aromatic N) is 2. The summed E-state index contributed by atoms with van der Waals surface area (Å²) in [5.41, 5.74) is 2.16. The van der Waals surface area contributed by atoms with E-state index in [4.69, 9.17) is 5.84 Å². The average molecular weight is 326 g/mol. The number of halogens is 2. The molecule has 2 rings (SSSR count). The molecule has 0 atom stereocenters. The summed E-state index contributed by atoms with van der Waals surface area (Å²) in [4.78, 5) is 19.8. The molecule has 8 heteroatoms. The number of nitrogens with two attached hydrogens (primary N) is 1. The Morgan fingerprint density at radius 1 is 1.32 bits per heavy atom. The second-order valence-electron chi connectivity index (χ2n) is 3.49. The topological polar surface area (TPSA) is 92.9 Å². The number of nitrogens with one attached hydrogen (secondary N) is 2. The number of hydrogen-bond acceptors (Lipinski definition) is 5. The lowest BCUT2D eigenvalue weighted by molar-refractivity contribution is 0.102. The van der Waals surface area contributed by atoms with Crippen LogP contribution in [0.25, 0.3) is 0 Å². The van der Waals surface area contributed by atoms with E-state index in [0.717, 1.165) is 0 Å². The SMILES string of the molecule is NNc1c(F)cccc1C(=O)Nc1cnc(Br)cn1. The molecule has 1 heterocycles. The third kappa shape index (κ3) is 3.04. The molecule has 2 aromatic rings. The van der Waals surface area contributed by atoms with Crippen LogP contribution in [-0.2, 0) is 0 Å².